The average Bonchev–Trinajstić information content (AvgIpc) is 2.40. The van der Waals surface area contributed by atoms with E-state index in [-0.39, 0.29) is 0 Å². The lowest BCUT2D eigenvalue weighted by Gasteiger charge is -2.15. The summed E-state index contributed by atoms with van der Waals surface area (Å²) >= 11 is 1.75. The molecule has 76 valence electrons. The van der Waals surface area contributed by atoms with Crippen LogP contribution in [0.25, 0.3) is 0 Å². The quantitative estimate of drug-likeness (QED) is 0.746. The van der Waals surface area contributed by atoms with E-state index in [9.17, 15) is 5.11 Å². The van der Waals surface area contributed by atoms with Gasteiger partial charge in [0, 0.05) is 0 Å². The van der Waals surface area contributed by atoms with Crippen molar-refractivity contribution in [1.29, 1.82) is 0 Å². The zero-order valence-electron chi connectivity index (χ0n) is 8.07. The Morgan fingerprint density at radius 3 is 3.14 bits per heavy atom. The summed E-state index contributed by atoms with van der Waals surface area (Å²) in [5.74, 6) is 1.92. The molecule has 1 aromatic carbocycles. The molecule has 1 aromatic rings. The summed E-state index contributed by atoms with van der Waals surface area (Å²) in [7, 11) is 0. The van der Waals surface area contributed by atoms with Crippen LogP contribution in [0.2, 0.25) is 0 Å². The Hall–Kier alpha value is -0.670. The molecule has 2 rings (SSSR count). The summed E-state index contributed by atoms with van der Waals surface area (Å²) in [5.41, 5.74) is 6.98. The molecular weight excluding hydrogens is 194 g/mol. The van der Waals surface area contributed by atoms with Gasteiger partial charge in [-0.05, 0) is 42.7 Å². The smallest absolute Gasteiger partial charge is 0.129 e. The van der Waals surface area contributed by atoms with Crippen molar-refractivity contribution < 1.29 is 5.11 Å². The fourth-order valence-electron chi connectivity index (χ4n) is 1.93. The van der Waals surface area contributed by atoms with Crippen LogP contribution in [0.4, 0.5) is 0 Å². The normalized spacial score (nSPS) is 21.4. The highest BCUT2D eigenvalue weighted by molar-refractivity contribution is 7.99. The number of benzene rings is 1. The zero-order chi connectivity index (χ0) is 9.97. The number of aromatic hydroxyl groups is 1. The number of hydrogen-bond acceptors (Lipinski definition) is 3. The number of thioether (sulfide) groups is 1. The van der Waals surface area contributed by atoms with E-state index in [0.717, 1.165) is 17.1 Å². The van der Waals surface area contributed by atoms with Crippen LogP contribution >= 0.6 is 11.8 Å². The molecule has 1 unspecified atom stereocenters. The van der Waals surface area contributed by atoms with Crippen LogP contribution < -0.4 is 5.73 Å². The largest absolute Gasteiger partial charge is 0.507 e. The molecule has 3 heteroatoms. The number of phenolic OH excluding ortho intramolecular Hbond substituents is 1. The van der Waals surface area contributed by atoms with Gasteiger partial charge in [0.1, 0.15) is 5.75 Å². The molecule has 0 fully saturated rings. The van der Waals surface area contributed by atoms with Gasteiger partial charge >= 0.3 is 0 Å². The van der Waals surface area contributed by atoms with Gasteiger partial charge in [0.05, 0.1) is 4.90 Å². The van der Waals surface area contributed by atoms with Crippen LogP contribution in [-0.2, 0) is 0 Å². The first-order valence-electron chi connectivity index (χ1n) is 4.97. The Labute approximate surface area is 88.5 Å². The first-order valence-corrected chi connectivity index (χ1v) is 5.96. The predicted molar refractivity (Wildman–Crippen MR) is 59.9 cm³/mol. The second-order valence-electron chi connectivity index (χ2n) is 3.62. The van der Waals surface area contributed by atoms with Gasteiger partial charge in [-0.2, -0.15) is 0 Å². The molecule has 0 amide bonds. The van der Waals surface area contributed by atoms with Gasteiger partial charge in [-0.1, -0.05) is 12.1 Å². The van der Waals surface area contributed by atoms with Crippen molar-refractivity contribution in [2.24, 2.45) is 5.73 Å². The number of hydrogen-bond donors (Lipinski definition) is 2. The van der Waals surface area contributed by atoms with Crippen molar-refractivity contribution in [3.8, 4) is 5.75 Å². The van der Waals surface area contributed by atoms with Gasteiger partial charge in [-0.25, -0.2) is 0 Å². The minimum atomic E-state index is 0.410. The van der Waals surface area contributed by atoms with Gasteiger partial charge in [0.15, 0.2) is 0 Å². The minimum absolute atomic E-state index is 0.410. The van der Waals surface area contributed by atoms with E-state index >= 15 is 0 Å². The Kier molecular flexibility index (Phi) is 2.99. The van der Waals surface area contributed by atoms with Crippen molar-refractivity contribution in [2.45, 2.75) is 23.7 Å². The molecule has 1 aliphatic rings. The molecule has 0 saturated carbocycles. The van der Waals surface area contributed by atoms with Crippen molar-refractivity contribution in [1.82, 2.24) is 0 Å². The fourth-order valence-corrected chi connectivity index (χ4v) is 3.06. The molecule has 3 N–H and O–H groups in total. The molecule has 0 radical (unpaired) electrons. The molecule has 1 heterocycles. The summed E-state index contributed by atoms with van der Waals surface area (Å²) in [6.07, 6.45) is 2.32. The molecule has 1 atom stereocenters. The lowest BCUT2D eigenvalue weighted by Crippen LogP contribution is -2.12. The molecule has 2 nitrogen and oxygen atoms in total. The van der Waals surface area contributed by atoms with Crippen molar-refractivity contribution in [3.05, 3.63) is 23.8 Å². The van der Waals surface area contributed by atoms with E-state index in [2.05, 4.69) is 6.07 Å². The molecule has 0 aliphatic carbocycles. The van der Waals surface area contributed by atoms with Crippen molar-refractivity contribution in [2.75, 3.05) is 12.3 Å². The Balaban J connectivity index is 2.44. The maximum absolute atomic E-state index is 9.73. The SMILES string of the molecule is NCC1CCCSc2c(O)cccc21. The number of fused-ring (bicyclic) bond motifs is 1. The van der Waals surface area contributed by atoms with Crippen LogP contribution in [0.15, 0.2) is 23.1 Å². The molecule has 1 aliphatic heterocycles. The van der Waals surface area contributed by atoms with Gasteiger partial charge < -0.3 is 10.8 Å². The summed E-state index contributed by atoms with van der Waals surface area (Å²) < 4.78 is 0. The maximum atomic E-state index is 9.73. The van der Waals surface area contributed by atoms with Gasteiger partial charge in [-0.3, -0.25) is 0 Å². The third-order valence-electron chi connectivity index (χ3n) is 2.69. The maximum Gasteiger partial charge on any atom is 0.129 e. The molecule has 0 bridgehead atoms. The third kappa shape index (κ3) is 1.74. The first kappa shape index (κ1) is 9.87. The van der Waals surface area contributed by atoms with E-state index in [1.165, 1.54) is 12.0 Å². The van der Waals surface area contributed by atoms with Gasteiger partial charge in [0.25, 0.3) is 0 Å². The first-order chi connectivity index (χ1) is 6.83. The molecule has 0 aromatic heterocycles. The zero-order valence-corrected chi connectivity index (χ0v) is 8.89. The fraction of sp³-hybridized carbons (Fsp3) is 0.455. The van der Waals surface area contributed by atoms with E-state index in [0.29, 0.717) is 18.2 Å². The Bertz CT molecular complexity index is 327. The third-order valence-corrected chi connectivity index (χ3v) is 3.92. The van der Waals surface area contributed by atoms with Gasteiger partial charge in [-0.15, -0.1) is 11.8 Å². The van der Waals surface area contributed by atoms with Crippen molar-refractivity contribution in [3.63, 3.8) is 0 Å². The summed E-state index contributed by atoms with van der Waals surface area (Å²) in [5, 5.41) is 9.73. The predicted octanol–water partition coefficient (Wildman–Crippen LogP) is 2.32. The monoisotopic (exact) mass is 209 g/mol. The van der Waals surface area contributed by atoms with Crippen LogP contribution in [0.3, 0.4) is 0 Å². The highest BCUT2D eigenvalue weighted by Crippen LogP contribution is 2.40. The highest BCUT2D eigenvalue weighted by atomic mass is 32.2. The second kappa shape index (κ2) is 4.24. The standard InChI is InChI=1S/C11H15NOS/c12-7-8-3-2-6-14-11-9(8)4-1-5-10(11)13/h1,4-5,8,13H,2-3,6-7,12H2. The van der Waals surface area contributed by atoms with Crippen LogP contribution in [-0.4, -0.2) is 17.4 Å². The summed E-state index contributed by atoms with van der Waals surface area (Å²) in [6, 6.07) is 5.75. The number of phenols is 1. The average molecular weight is 209 g/mol. The number of rotatable bonds is 1. The molecular formula is C11H15NOS. The summed E-state index contributed by atoms with van der Waals surface area (Å²) in [4.78, 5) is 1.04. The highest BCUT2D eigenvalue weighted by Gasteiger charge is 2.19. The number of nitrogens with two attached hydrogens (primary N) is 1. The van der Waals surface area contributed by atoms with Crippen LogP contribution in [0.1, 0.15) is 24.3 Å². The van der Waals surface area contributed by atoms with E-state index in [1.54, 1.807) is 17.8 Å². The molecule has 0 saturated heterocycles. The topological polar surface area (TPSA) is 46.2 Å². The van der Waals surface area contributed by atoms with Crippen molar-refractivity contribution >= 4 is 11.8 Å². The Morgan fingerprint density at radius 1 is 1.50 bits per heavy atom. The van der Waals surface area contributed by atoms with E-state index in [4.69, 9.17) is 5.73 Å². The van der Waals surface area contributed by atoms with Gasteiger partial charge in [0.2, 0.25) is 0 Å². The van der Waals surface area contributed by atoms with Crippen LogP contribution in [0.5, 0.6) is 5.75 Å². The molecule has 14 heavy (non-hydrogen) atoms. The lowest BCUT2D eigenvalue weighted by atomic mass is 9.94. The van der Waals surface area contributed by atoms with E-state index in [1.807, 2.05) is 6.07 Å². The second-order valence-corrected chi connectivity index (χ2v) is 4.72. The van der Waals surface area contributed by atoms with E-state index < -0.39 is 0 Å². The lowest BCUT2D eigenvalue weighted by molar-refractivity contribution is 0.459. The summed E-state index contributed by atoms with van der Waals surface area (Å²) in [6.45, 7) is 0.678. The molecule has 0 spiro atoms. The minimum Gasteiger partial charge on any atom is -0.507 e. The van der Waals surface area contributed by atoms with Crippen LogP contribution in [0, 0.1) is 0 Å². The Morgan fingerprint density at radius 2 is 2.36 bits per heavy atom.